The predicted molar refractivity (Wildman–Crippen MR) is 70.3 cm³/mol. The Morgan fingerprint density at radius 1 is 1.59 bits per heavy atom. The van der Waals surface area contributed by atoms with Crippen LogP contribution in [0.1, 0.15) is 13.3 Å². The molecule has 2 amide bonds. The highest BCUT2D eigenvalue weighted by Crippen LogP contribution is 2.61. The van der Waals surface area contributed by atoms with E-state index in [0.29, 0.717) is 6.42 Å². The van der Waals surface area contributed by atoms with Gasteiger partial charge in [-0.1, -0.05) is 24.8 Å². The molecular weight excluding hydrogens is 233 g/mol. The first-order chi connectivity index (χ1) is 7.87. The van der Waals surface area contributed by atoms with E-state index in [9.17, 15) is 9.59 Å². The number of fused-ring (bicyclic) bond motifs is 1. The molecular formula is C13H16NO2P. The van der Waals surface area contributed by atoms with Crippen LogP contribution in [0.2, 0.25) is 0 Å². The smallest absolute Gasteiger partial charge is 0.238 e. The van der Waals surface area contributed by atoms with Crippen molar-refractivity contribution in [3.63, 3.8) is 0 Å². The highest BCUT2D eigenvalue weighted by atomic mass is 31.0. The minimum atomic E-state index is -0.653. The van der Waals surface area contributed by atoms with Crippen LogP contribution in [0.4, 0.5) is 0 Å². The van der Waals surface area contributed by atoms with Gasteiger partial charge in [0, 0.05) is 5.16 Å². The summed E-state index contributed by atoms with van der Waals surface area (Å²) in [4.78, 5) is 23.3. The standard InChI is InChI=1S/C13H16NO2P/c1-4-8(6-12(3,17)5-2)13-7-9(13)10(15)14-11(13)16/h4-6,9H,1-2,7,17H2,3H3,(H,14,15,16)/b8-6+/t9-,12?,13+/m1/s1. The fourth-order valence-electron chi connectivity index (χ4n) is 2.35. The SMILES string of the molecule is C=C/C(=C\C(C)(P)C=C)[C@@]12C[C@@H]1C(=O)NC2=O. The van der Waals surface area contributed by atoms with E-state index in [-0.39, 0.29) is 22.9 Å². The van der Waals surface area contributed by atoms with Crippen molar-refractivity contribution in [3.8, 4) is 0 Å². The fraction of sp³-hybridized carbons (Fsp3) is 0.385. The van der Waals surface area contributed by atoms with Gasteiger partial charge in [0.25, 0.3) is 0 Å². The Morgan fingerprint density at radius 2 is 2.24 bits per heavy atom. The summed E-state index contributed by atoms with van der Waals surface area (Å²) in [7, 11) is 2.66. The lowest BCUT2D eigenvalue weighted by molar-refractivity contribution is -0.128. The third kappa shape index (κ3) is 1.69. The number of imide groups is 1. The molecule has 1 aliphatic heterocycles. The van der Waals surface area contributed by atoms with Crippen LogP contribution < -0.4 is 5.32 Å². The van der Waals surface area contributed by atoms with Crippen molar-refractivity contribution in [1.29, 1.82) is 0 Å². The van der Waals surface area contributed by atoms with Crippen molar-refractivity contribution in [2.24, 2.45) is 11.3 Å². The highest BCUT2D eigenvalue weighted by Gasteiger charge is 2.69. The number of amides is 2. The van der Waals surface area contributed by atoms with Gasteiger partial charge >= 0.3 is 0 Å². The molecule has 1 saturated heterocycles. The summed E-state index contributed by atoms with van der Waals surface area (Å²) in [6, 6.07) is 0. The zero-order chi connectivity index (χ0) is 12.8. The average molecular weight is 249 g/mol. The molecule has 2 rings (SSSR count). The van der Waals surface area contributed by atoms with Gasteiger partial charge in [-0.15, -0.1) is 15.8 Å². The van der Waals surface area contributed by atoms with E-state index in [1.807, 2.05) is 13.0 Å². The minimum absolute atomic E-state index is 0.160. The molecule has 0 aromatic carbocycles. The quantitative estimate of drug-likeness (QED) is 0.356. The van der Waals surface area contributed by atoms with Gasteiger partial charge in [0.2, 0.25) is 11.8 Å². The Labute approximate surface area is 103 Å². The lowest BCUT2D eigenvalue weighted by atomic mass is 9.90. The summed E-state index contributed by atoms with van der Waals surface area (Å²) in [6.07, 6.45) is 6.00. The van der Waals surface area contributed by atoms with Gasteiger partial charge in [-0.25, -0.2) is 0 Å². The zero-order valence-corrected chi connectivity index (χ0v) is 11.0. The maximum absolute atomic E-state index is 11.9. The second-order valence-electron chi connectivity index (χ2n) is 4.92. The van der Waals surface area contributed by atoms with E-state index in [1.165, 1.54) is 0 Å². The number of carbonyl (C=O) groups excluding carboxylic acids is 2. The van der Waals surface area contributed by atoms with Gasteiger partial charge in [-0.3, -0.25) is 14.9 Å². The Kier molecular flexibility index (Phi) is 2.62. The Balaban J connectivity index is 2.40. The topological polar surface area (TPSA) is 46.2 Å². The van der Waals surface area contributed by atoms with Crippen molar-refractivity contribution in [2.75, 3.05) is 0 Å². The molecule has 0 radical (unpaired) electrons. The lowest BCUT2D eigenvalue weighted by Crippen LogP contribution is -2.29. The number of hydrogen-bond donors (Lipinski definition) is 1. The predicted octanol–water partition coefficient (Wildman–Crippen LogP) is 1.58. The molecule has 1 N–H and O–H groups in total. The number of allylic oxidation sites excluding steroid dienone is 3. The molecule has 1 heterocycles. The van der Waals surface area contributed by atoms with Crippen molar-refractivity contribution in [1.82, 2.24) is 5.32 Å². The molecule has 0 spiro atoms. The molecule has 2 fully saturated rings. The summed E-state index contributed by atoms with van der Waals surface area (Å²) in [5, 5.41) is 2.08. The Bertz CT molecular complexity index is 464. The largest absolute Gasteiger partial charge is 0.295 e. The first kappa shape index (κ1) is 12.3. The molecule has 3 nitrogen and oxygen atoms in total. The maximum Gasteiger partial charge on any atom is 0.238 e. The second kappa shape index (κ2) is 3.64. The zero-order valence-electron chi connectivity index (χ0n) is 9.82. The van der Waals surface area contributed by atoms with Crippen LogP contribution in [0, 0.1) is 11.3 Å². The number of nitrogens with one attached hydrogen (secondary N) is 1. The molecule has 2 aliphatic rings. The van der Waals surface area contributed by atoms with E-state index in [1.54, 1.807) is 12.2 Å². The van der Waals surface area contributed by atoms with E-state index in [0.717, 1.165) is 5.57 Å². The van der Waals surface area contributed by atoms with Gasteiger partial charge in [0.1, 0.15) is 0 Å². The Hall–Kier alpha value is -1.21. The van der Waals surface area contributed by atoms with Crippen LogP contribution in [0.25, 0.3) is 0 Å². The minimum Gasteiger partial charge on any atom is -0.295 e. The third-order valence-corrected chi connectivity index (χ3v) is 3.96. The van der Waals surface area contributed by atoms with Crippen molar-refractivity contribution >= 4 is 21.1 Å². The molecule has 2 unspecified atom stereocenters. The summed E-state index contributed by atoms with van der Waals surface area (Å²) >= 11 is 0. The maximum atomic E-state index is 11.9. The van der Waals surface area contributed by atoms with Gasteiger partial charge in [-0.2, -0.15) is 0 Å². The summed E-state index contributed by atoms with van der Waals surface area (Å²) in [5.41, 5.74) is 0.169. The first-order valence-corrected chi connectivity index (χ1v) is 6.08. The average Bonchev–Trinajstić information content (AvgIpc) is 2.97. The highest BCUT2D eigenvalue weighted by molar-refractivity contribution is 7.19. The third-order valence-electron chi connectivity index (χ3n) is 3.56. The molecule has 4 heteroatoms. The number of piperidine rings is 1. The summed E-state index contributed by atoms with van der Waals surface area (Å²) in [6.45, 7) is 9.47. The van der Waals surface area contributed by atoms with Crippen molar-refractivity contribution in [3.05, 3.63) is 37.0 Å². The van der Waals surface area contributed by atoms with E-state index in [4.69, 9.17) is 0 Å². The molecule has 1 aliphatic carbocycles. The van der Waals surface area contributed by atoms with Gasteiger partial charge in [0.05, 0.1) is 11.3 Å². The fourth-order valence-corrected chi connectivity index (χ4v) is 2.53. The van der Waals surface area contributed by atoms with Crippen LogP contribution in [0.3, 0.4) is 0 Å². The van der Waals surface area contributed by atoms with Crippen LogP contribution in [-0.4, -0.2) is 17.0 Å². The molecule has 4 atom stereocenters. The lowest BCUT2D eigenvalue weighted by Gasteiger charge is -2.19. The van der Waals surface area contributed by atoms with E-state index < -0.39 is 5.41 Å². The van der Waals surface area contributed by atoms with Crippen molar-refractivity contribution in [2.45, 2.75) is 18.5 Å². The molecule has 0 aromatic rings. The normalized spacial score (nSPS) is 34.7. The van der Waals surface area contributed by atoms with Crippen LogP contribution in [0.15, 0.2) is 37.0 Å². The number of hydrogen-bond acceptors (Lipinski definition) is 2. The molecule has 90 valence electrons. The number of rotatable bonds is 4. The second-order valence-corrected chi connectivity index (χ2v) is 6.16. The first-order valence-electron chi connectivity index (χ1n) is 5.51. The summed E-state index contributed by atoms with van der Waals surface area (Å²) in [5.74, 6) is -0.555. The van der Waals surface area contributed by atoms with Gasteiger partial charge in [-0.05, 0) is 18.9 Å². The Morgan fingerprint density at radius 3 is 2.59 bits per heavy atom. The van der Waals surface area contributed by atoms with E-state index in [2.05, 4.69) is 27.7 Å². The summed E-state index contributed by atoms with van der Waals surface area (Å²) < 4.78 is 0. The molecule has 0 aromatic heterocycles. The molecule has 0 bridgehead atoms. The van der Waals surface area contributed by atoms with Gasteiger partial charge in [0.15, 0.2) is 0 Å². The number of carbonyl (C=O) groups is 2. The van der Waals surface area contributed by atoms with Crippen LogP contribution in [-0.2, 0) is 9.59 Å². The molecule has 17 heavy (non-hydrogen) atoms. The van der Waals surface area contributed by atoms with E-state index >= 15 is 0 Å². The van der Waals surface area contributed by atoms with Crippen LogP contribution in [0.5, 0.6) is 0 Å². The van der Waals surface area contributed by atoms with Gasteiger partial charge < -0.3 is 0 Å². The van der Waals surface area contributed by atoms with Crippen molar-refractivity contribution < 1.29 is 9.59 Å². The molecule has 1 saturated carbocycles. The van der Waals surface area contributed by atoms with Crippen LogP contribution >= 0.6 is 9.24 Å². The monoisotopic (exact) mass is 249 g/mol.